The van der Waals surface area contributed by atoms with Gasteiger partial charge in [0, 0.05) is 34.1 Å². The first-order valence-electron chi connectivity index (χ1n) is 8.17. The van der Waals surface area contributed by atoms with Crippen molar-refractivity contribution < 1.29 is 4.79 Å². The van der Waals surface area contributed by atoms with Gasteiger partial charge in [-0.05, 0) is 12.1 Å². The first kappa shape index (κ1) is 16.2. The number of nitrogens with one attached hydrogen (secondary N) is 2. The molecule has 0 atom stereocenters. The molecule has 0 spiro atoms. The van der Waals surface area contributed by atoms with Gasteiger partial charge in [-0.15, -0.1) is 11.3 Å². The Labute approximate surface area is 154 Å². The van der Waals surface area contributed by atoms with Gasteiger partial charge in [-0.1, -0.05) is 42.5 Å². The first-order chi connectivity index (χ1) is 12.8. The fourth-order valence-corrected chi connectivity index (χ4v) is 3.43. The Balaban J connectivity index is 1.41. The fourth-order valence-electron chi connectivity index (χ4n) is 2.69. The van der Waals surface area contributed by atoms with E-state index in [0.717, 1.165) is 32.7 Å². The summed E-state index contributed by atoms with van der Waals surface area (Å²) >= 11 is 1.53. The summed E-state index contributed by atoms with van der Waals surface area (Å²) in [5.41, 5.74) is 2.75. The number of pyridine rings is 1. The number of rotatable bonds is 4. The van der Waals surface area contributed by atoms with Gasteiger partial charge in [0.2, 0.25) is 0 Å². The monoisotopic (exact) mass is 360 g/mol. The Kier molecular flexibility index (Phi) is 4.57. The molecule has 0 unspecified atom stereocenters. The van der Waals surface area contributed by atoms with E-state index in [1.807, 2.05) is 60.0 Å². The highest BCUT2D eigenvalue weighted by atomic mass is 32.1. The van der Waals surface area contributed by atoms with E-state index in [2.05, 4.69) is 20.6 Å². The Hall–Kier alpha value is -3.25. The van der Waals surface area contributed by atoms with Crippen LogP contribution in [0.15, 0.2) is 72.4 Å². The molecule has 0 radical (unpaired) electrons. The Morgan fingerprint density at radius 3 is 2.81 bits per heavy atom. The number of thiazole rings is 1. The normalized spacial score (nSPS) is 10.6. The third-order valence-corrected chi connectivity index (χ3v) is 4.80. The molecule has 0 aliphatic carbocycles. The van der Waals surface area contributed by atoms with Crippen molar-refractivity contribution in [3.63, 3.8) is 0 Å². The van der Waals surface area contributed by atoms with E-state index in [-0.39, 0.29) is 6.03 Å². The number of amides is 2. The second-order valence-corrected chi connectivity index (χ2v) is 6.65. The molecule has 5 nitrogen and oxygen atoms in total. The Morgan fingerprint density at radius 2 is 1.92 bits per heavy atom. The average molecular weight is 360 g/mol. The van der Waals surface area contributed by atoms with Crippen LogP contribution in [0.4, 0.5) is 10.5 Å². The molecule has 4 rings (SSSR count). The fraction of sp³-hybridized carbons (Fsp3) is 0.0500. The second kappa shape index (κ2) is 7.33. The minimum atomic E-state index is -0.259. The largest absolute Gasteiger partial charge is 0.331 e. The molecule has 26 heavy (non-hydrogen) atoms. The molecule has 2 amide bonds. The van der Waals surface area contributed by atoms with Gasteiger partial charge in [-0.2, -0.15) is 0 Å². The molecule has 0 fully saturated rings. The van der Waals surface area contributed by atoms with Crippen LogP contribution >= 0.6 is 11.3 Å². The summed E-state index contributed by atoms with van der Waals surface area (Å²) in [6, 6.07) is 17.4. The molecule has 0 aliphatic rings. The van der Waals surface area contributed by atoms with Crippen LogP contribution in [0.5, 0.6) is 0 Å². The summed E-state index contributed by atoms with van der Waals surface area (Å²) in [7, 11) is 0. The standard InChI is InChI=1S/C20H16N4OS/c25-20(24-17-8-4-7-15-11-21-10-9-16(15)17)22-12-19-23-18(13-26-19)14-5-2-1-3-6-14/h1-11,13H,12H2,(H2,22,24,25). The molecule has 2 aromatic carbocycles. The van der Waals surface area contributed by atoms with Crippen molar-refractivity contribution in [1.29, 1.82) is 0 Å². The summed E-state index contributed by atoms with van der Waals surface area (Å²) in [5, 5.41) is 10.6. The third-order valence-electron chi connectivity index (χ3n) is 3.95. The van der Waals surface area contributed by atoms with E-state index < -0.39 is 0 Å². The Bertz CT molecular complexity index is 1040. The number of anilines is 1. The lowest BCUT2D eigenvalue weighted by Gasteiger charge is -2.09. The quantitative estimate of drug-likeness (QED) is 0.555. The van der Waals surface area contributed by atoms with Crippen molar-refractivity contribution in [1.82, 2.24) is 15.3 Å². The minimum Gasteiger partial charge on any atom is -0.331 e. The zero-order chi connectivity index (χ0) is 17.8. The average Bonchev–Trinajstić information content (AvgIpc) is 3.17. The highest BCUT2D eigenvalue weighted by Gasteiger charge is 2.08. The number of urea groups is 1. The third kappa shape index (κ3) is 3.55. The molecular weight excluding hydrogens is 344 g/mol. The maximum absolute atomic E-state index is 12.2. The molecular formula is C20H16N4OS. The van der Waals surface area contributed by atoms with Gasteiger partial charge >= 0.3 is 6.03 Å². The van der Waals surface area contributed by atoms with Crippen LogP contribution in [0.25, 0.3) is 22.0 Å². The number of benzene rings is 2. The number of carbonyl (C=O) groups excluding carboxylic acids is 1. The molecule has 2 N–H and O–H groups in total. The zero-order valence-electron chi connectivity index (χ0n) is 13.8. The number of hydrogen-bond donors (Lipinski definition) is 2. The molecule has 0 bridgehead atoms. The maximum Gasteiger partial charge on any atom is 0.319 e. The van der Waals surface area contributed by atoms with Gasteiger partial charge < -0.3 is 10.6 Å². The van der Waals surface area contributed by atoms with Crippen molar-refractivity contribution in [3.8, 4) is 11.3 Å². The van der Waals surface area contributed by atoms with Crippen LogP contribution in [0, 0.1) is 0 Å². The number of carbonyl (C=O) groups is 1. The molecule has 0 aliphatic heterocycles. The predicted molar refractivity (Wildman–Crippen MR) is 105 cm³/mol. The summed E-state index contributed by atoms with van der Waals surface area (Å²) in [5.74, 6) is 0. The summed E-state index contributed by atoms with van der Waals surface area (Å²) in [6.07, 6.45) is 3.49. The van der Waals surface area contributed by atoms with Crippen LogP contribution in [-0.4, -0.2) is 16.0 Å². The molecule has 0 saturated carbocycles. The lowest BCUT2D eigenvalue weighted by Crippen LogP contribution is -2.28. The van der Waals surface area contributed by atoms with Gasteiger partial charge in [-0.3, -0.25) is 4.98 Å². The highest BCUT2D eigenvalue weighted by molar-refractivity contribution is 7.09. The van der Waals surface area contributed by atoms with E-state index in [0.29, 0.717) is 6.54 Å². The van der Waals surface area contributed by atoms with E-state index in [9.17, 15) is 4.79 Å². The van der Waals surface area contributed by atoms with Crippen molar-refractivity contribution in [2.45, 2.75) is 6.54 Å². The van der Waals surface area contributed by atoms with Crippen LogP contribution in [0.2, 0.25) is 0 Å². The highest BCUT2D eigenvalue weighted by Crippen LogP contribution is 2.23. The number of fused-ring (bicyclic) bond motifs is 1. The van der Waals surface area contributed by atoms with Crippen molar-refractivity contribution in [2.24, 2.45) is 0 Å². The number of hydrogen-bond acceptors (Lipinski definition) is 4. The maximum atomic E-state index is 12.2. The first-order valence-corrected chi connectivity index (χ1v) is 9.05. The van der Waals surface area contributed by atoms with Gasteiger partial charge in [0.05, 0.1) is 17.9 Å². The van der Waals surface area contributed by atoms with Gasteiger partial charge in [0.25, 0.3) is 0 Å². The number of nitrogens with zero attached hydrogens (tertiary/aromatic N) is 2. The molecule has 2 aromatic heterocycles. The second-order valence-electron chi connectivity index (χ2n) is 5.70. The molecule has 2 heterocycles. The van der Waals surface area contributed by atoms with Crippen LogP contribution in [0.1, 0.15) is 5.01 Å². The molecule has 128 valence electrons. The van der Waals surface area contributed by atoms with Crippen molar-refractivity contribution >= 4 is 33.8 Å². The van der Waals surface area contributed by atoms with Gasteiger partial charge in [0.1, 0.15) is 5.01 Å². The topological polar surface area (TPSA) is 66.9 Å². The van der Waals surface area contributed by atoms with E-state index in [1.54, 1.807) is 12.4 Å². The molecule has 4 aromatic rings. The van der Waals surface area contributed by atoms with Crippen molar-refractivity contribution in [2.75, 3.05) is 5.32 Å². The van der Waals surface area contributed by atoms with E-state index in [1.165, 1.54) is 11.3 Å². The van der Waals surface area contributed by atoms with Gasteiger partial charge in [-0.25, -0.2) is 9.78 Å². The SMILES string of the molecule is O=C(NCc1nc(-c2ccccc2)cs1)Nc1cccc2cnccc12. The predicted octanol–water partition coefficient (Wildman–Crippen LogP) is 4.68. The summed E-state index contributed by atoms with van der Waals surface area (Å²) in [4.78, 5) is 20.9. The van der Waals surface area contributed by atoms with E-state index in [4.69, 9.17) is 0 Å². The number of aromatic nitrogens is 2. The van der Waals surface area contributed by atoms with E-state index >= 15 is 0 Å². The minimum absolute atomic E-state index is 0.259. The van der Waals surface area contributed by atoms with Gasteiger partial charge in [0.15, 0.2) is 0 Å². The lowest BCUT2D eigenvalue weighted by atomic mass is 10.1. The Morgan fingerprint density at radius 1 is 1.04 bits per heavy atom. The van der Waals surface area contributed by atoms with Crippen LogP contribution < -0.4 is 10.6 Å². The van der Waals surface area contributed by atoms with Crippen LogP contribution in [-0.2, 0) is 6.54 Å². The summed E-state index contributed by atoms with van der Waals surface area (Å²) < 4.78 is 0. The molecule has 6 heteroatoms. The molecule has 0 saturated heterocycles. The smallest absolute Gasteiger partial charge is 0.319 e. The van der Waals surface area contributed by atoms with Crippen molar-refractivity contribution in [3.05, 3.63) is 77.4 Å². The van der Waals surface area contributed by atoms with Crippen LogP contribution in [0.3, 0.4) is 0 Å². The zero-order valence-corrected chi connectivity index (χ0v) is 14.7. The lowest BCUT2D eigenvalue weighted by molar-refractivity contribution is 0.252. The summed E-state index contributed by atoms with van der Waals surface area (Å²) in [6.45, 7) is 0.385.